The minimum Gasteiger partial charge on any atom is -0.422 e. The fourth-order valence-electron chi connectivity index (χ4n) is 7.66. The van der Waals surface area contributed by atoms with Crippen LogP contribution in [-0.2, 0) is 35.3 Å². The molecular formula is C48H64BBrF6N12O6Si2. The number of hydrogen-bond acceptors (Lipinski definition) is 14. The van der Waals surface area contributed by atoms with Crippen molar-refractivity contribution in [2.24, 2.45) is 0 Å². The molecule has 2 aromatic carbocycles. The second kappa shape index (κ2) is 25.3. The van der Waals surface area contributed by atoms with Crippen LogP contribution in [0, 0.1) is 13.8 Å². The molecule has 0 aliphatic carbocycles. The third-order valence-corrected chi connectivity index (χ3v) is 15.7. The quantitative estimate of drug-likeness (QED) is 0.0239. The summed E-state index contributed by atoms with van der Waals surface area (Å²) in [5.41, 5.74) is 4.32. The van der Waals surface area contributed by atoms with Gasteiger partial charge in [-0.15, -0.1) is 0 Å². The fraction of sp³-hybridized carbons (Fsp3) is 0.458. The number of rotatable bonds is 20. The zero-order valence-corrected chi connectivity index (χ0v) is 47.1. The van der Waals surface area contributed by atoms with Gasteiger partial charge in [0, 0.05) is 55.7 Å². The van der Waals surface area contributed by atoms with Gasteiger partial charge < -0.3 is 40.4 Å². The van der Waals surface area contributed by atoms with Crippen molar-refractivity contribution in [3.05, 3.63) is 88.0 Å². The Morgan fingerprint density at radius 1 is 0.645 bits per heavy atom. The highest BCUT2D eigenvalue weighted by Crippen LogP contribution is 2.36. The average molecular weight is 1170 g/mol. The number of ether oxygens (including phenoxy) is 2. The zero-order chi connectivity index (χ0) is 55.8. The maximum Gasteiger partial charge on any atom is 0.508 e. The predicted octanol–water partition coefficient (Wildman–Crippen LogP) is 8.82. The van der Waals surface area contributed by atoms with Crippen LogP contribution in [0.4, 0.5) is 38.0 Å². The van der Waals surface area contributed by atoms with Gasteiger partial charge in [-0.25, -0.2) is 29.3 Å². The first kappa shape index (κ1) is 59.8. The molecule has 412 valence electrons. The molecule has 0 amide bonds. The second-order valence-electron chi connectivity index (χ2n) is 20.3. The van der Waals surface area contributed by atoms with Crippen molar-refractivity contribution in [1.29, 1.82) is 0 Å². The van der Waals surface area contributed by atoms with Crippen LogP contribution in [0.3, 0.4) is 0 Å². The van der Waals surface area contributed by atoms with Crippen LogP contribution >= 0.6 is 15.9 Å². The first-order valence-electron chi connectivity index (χ1n) is 24.4. The summed E-state index contributed by atoms with van der Waals surface area (Å²) in [5.74, 6) is 0.715. The minimum atomic E-state index is -4.49. The molecule has 0 unspecified atom stereocenters. The molecule has 8 aromatic rings. The number of benzene rings is 2. The molecule has 0 saturated heterocycles. The summed E-state index contributed by atoms with van der Waals surface area (Å²) in [6.07, 6.45) is -1.38. The highest BCUT2D eigenvalue weighted by Gasteiger charge is 2.32. The van der Waals surface area contributed by atoms with E-state index in [1.54, 1.807) is 45.2 Å². The molecule has 6 aromatic heterocycles. The van der Waals surface area contributed by atoms with Gasteiger partial charge in [-0.3, -0.25) is 8.80 Å². The maximum atomic E-state index is 13.4. The normalized spacial score (nSPS) is 12.4. The number of hydrogen-bond donors (Lipinski definition) is 6. The van der Waals surface area contributed by atoms with Gasteiger partial charge in [0.1, 0.15) is 18.1 Å². The minimum absolute atomic E-state index is 0.00717. The van der Waals surface area contributed by atoms with E-state index in [0.29, 0.717) is 89.0 Å². The standard InChI is InChI=1S/C24H31F3N6O2Si.C14H12BrF3N4O.C10H21BN2O3Si/c1-16-13-30-32(15-35-10-11-36(2,3)4)21(16)20-14-29-23-22(28-8-5-9-34)31-18-12-17(24(25,26)27)6-7-19(18)33(20)23;15-11-7-20-13-12(19-4-1-5-23)21-9-6-8(14(16,17)18)2-3-10(9)22(11)13;1-9-7-12-13(10(9)11(14)15)8-16-5-6-17(2,3)4/h6-7,12-14,34H,5,8-11,15H2,1-4H3,(H,28,31);2-3,6-7,23H,1,4-5H2,(H,19,21);7,14-15H,5-6,8H2,1-4H3. The number of nitrogens with zero attached hydrogens (tertiary/aromatic N) is 10. The molecule has 76 heavy (non-hydrogen) atoms. The molecule has 0 saturated carbocycles. The van der Waals surface area contributed by atoms with Gasteiger partial charge in [0.05, 0.1) is 75.0 Å². The van der Waals surface area contributed by atoms with Crippen molar-refractivity contribution in [1.82, 2.24) is 48.3 Å². The van der Waals surface area contributed by atoms with E-state index in [-0.39, 0.29) is 37.7 Å². The summed E-state index contributed by atoms with van der Waals surface area (Å²) in [6, 6.07) is 9.04. The van der Waals surface area contributed by atoms with Crippen molar-refractivity contribution in [2.75, 3.05) is 50.2 Å². The van der Waals surface area contributed by atoms with Crippen LogP contribution < -0.4 is 16.2 Å². The summed E-state index contributed by atoms with van der Waals surface area (Å²) in [6.45, 7) is 20.1. The Morgan fingerprint density at radius 3 is 1.59 bits per heavy atom. The van der Waals surface area contributed by atoms with Crippen LogP contribution in [0.2, 0.25) is 51.4 Å². The molecule has 6 N–H and O–H groups in total. The Bertz CT molecular complexity index is 3210. The van der Waals surface area contributed by atoms with Crippen LogP contribution in [0.5, 0.6) is 0 Å². The van der Waals surface area contributed by atoms with E-state index in [4.69, 9.17) is 19.7 Å². The number of anilines is 2. The molecular weight excluding hydrogens is 1100 g/mol. The number of alkyl halides is 6. The molecule has 0 aliphatic heterocycles. The SMILES string of the molecule is Cc1cnn(COCC[Si](C)(C)C)c1-c1cnc2c(NCCCO)nc3cc(C(F)(F)F)ccc3n12.Cc1cnn(COCC[Si](C)(C)C)c1B(O)O.OCCCNc1nc2cc(C(F)(F)F)ccc2n2c(Br)cnc12. The molecule has 0 bridgehead atoms. The lowest BCUT2D eigenvalue weighted by molar-refractivity contribution is -0.138. The summed E-state index contributed by atoms with van der Waals surface area (Å²) < 4.78 is 97.8. The number of imidazole rings is 2. The summed E-state index contributed by atoms with van der Waals surface area (Å²) in [4.78, 5) is 17.5. The van der Waals surface area contributed by atoms with Crippen LogP contribution in [0.15, 0.2) is 65.8 Å². The Labute approximate surface area is 445 Å². The van der Waals surface area contributed by atoms with E-state index in [9.17, 15) is 36.4 Å². The van der Waals surface area contributed by atoms with Gasteiger partial charge in [-0.05, 0) is 102 Å². The number of aryl methyl sites for hydroxylation is 2. The molecule has 0 fully saturated rings. The fourth-order valence-corrected chi connectivity index (χ4v) is 9.64. The smallest absolute Gasteiger partial charge is 0.422 e. The third kappa shape index (κ3) is 15.4. The van der Waals surface area contributed by atoms with E-state index in [1.807, 2.05) is 6.92 Å². The van der Waals surface area contributed by atoms with E-state index in [0.717, 1.165) is 53.2 Å². The highest BCUT2D eigenvalue weighted by atomic mass is 79.9. The maximum absolute atomic E-state index is 13.4. The monoisotopic (exact) mass is 1160 g/mol. The van der Waals surface area contributed by atoms with E-state index >= 15 is 0 Å². The summed E-state index contributed by atoms with van der Waals surface area (Å²) in [7, 11) is -3.82. The first-order chi connectivity index (χ1) is 35.7. The molecule has 18 nitrogen and oxygen atoms in total. The molecule has 0 spiro atoms. The van der Waals surface area contributed by atoms with Crippen molar-refractivity contribution < 1.29 is 56.1 Å². The molecule has 6 heterocycles. The largest absolute Gasteiger partial charge is 0.508 e. The van der Waals surface area contributed by atoms with Gasteiger partial charge in [0.15, 0.2) is 22.9 Å². The molecule has 0 radical (unpaired) electrons. The lowest BCUT2D eigenvalue weighted by atomic mass is 9.83. The molecule has 28 heteroatoms. The topological polar surface area (TPSA) is 219 Å². The third-order valence-electron chi connectivity index (χ3n) is 11.7. The number of aliphatic hydroxyl groups excluding tert-OH is 2. The number of aliphatic hydroxyl groups is 2. The lowest BCUT2D eigenvalue weighted by Gasteiger charge is -2.16. The Morgan fingerprint density at radius 2 is 1.11 bits per heavy atom. The van der Waals surface area contributed by atoms with Gasteiger partial charge >= 0.3 is 19.5 Å². The van der Waals surface area contributed by atoms with Crippen molar-refractivity contribution in [2.45, 2.75) is 104 Å². The molecule has 0 aliphatic rings. The van der Waals surface area contributed by atoms with Gasteiger partial charge in [0.2, 0.25) is 0 Å². The van der Waals surface area contributed by atoms with Crippen LogP contribution in [0.25, 0.3) is 44.7 Å². The van der Waals surface area contributed by atoms with Crippen LogP contribution in [-0.4, -0.2) is 131 Å². The van der Waals surface area contributed by atoms with Crippen molar-refractivity contribution >= 4 is 89.8 Å². The Hall–Kier alpha value is -5.46. The molecule has 0 atom stereocenters. The Balaban J connectivity index is 0.000000201. The summed E-state index contributed by atoms with van der Waals surface area (Å²) in [5, 5.41) is 51.0. The van der Waals surface area contributed by atoms with E-state index in [2.05, 4.69) is 96.0 Å². The zero-order valence-electron chi connectivity index (χ0n) is 43.6. The number of halogens is 7. The number of nitrogens with one attached hydrogen (secondary N) is 2. The second-order valence-corrected chi connectivity index (χ2v) is 32.4. The lowest BCUT2D eigenvalue weighted by Crippen LogP contribution is -2.39. The Kier molecular flexibility index (Phi) is 19.9. The number of fused-ring (bicyclic) bond motifs is 6. The predicted molar refractivity (Wildman–Crippen MR) is 290 cm³/mol. The highest BCUT2D eigenvalue weighted by molar-refractivity contribution is 9.10. The van der Waals surface area contributed by atoms with Gasteiger partial charge in [0.25, 0.3) is 0 Å². The van der Waals surface area contributed by atoms with Crippen molar-refractivity contribution in [3.8, 4) is 11.4 Å². The first-order valence-corrected chi connectivity index (χ1v) is 32.6. The van der Waals surface area contributed by atoms with Crippen LogP contribution in [0.1, 0.15) is 35.1 Å². The van der Waals surface area contributed by atoms with Gasteiger partial charge in [-0.2, -0.15) is 36.5 Å². The average Bonchev–Trinajstić information content (AvgIpc) is 4.15. The van der Waals surface area contributed by atoms with Crippen molar-refractivity contribution in [3.63, 3.8) is 0 Å². The van der Waals surface area contributed by atoms with E-state index < -0.39 is 46.7 Å². The molecule has 8 rings (SSSR count). The number of aromatic nitrogens is 10. The summed E-state index contributed by atoms with van der Waals surface area (Å²) >= 11 is 3.34. The van der Waals surface area contributed by atoms with Gasteiger partial charge in [-0.1, -0.05) is 39.3 Å². The van der Waals surface area contributed by atoms with E-state index in [1.165, 1.54) is 16.8 Å².